The molecule has 2 rings (SSSR count). The van der Waals surface area contributed by atoms with Crippen molar-refractivity contribution in [3.63, 3.8) is 0 Å². The third-order valence-electron chi connectivity index (χ3n) is 3.09. The minimum Gasteiger partial charge on any atom is -0.497 e. The Morgan fingerprint density at radius 2 is 1.27 bits per heavy atom. The number of ether oxygens (including phenoxy) is 3. The van der Waals surface area contributed by atoms with Gasteiger partial charge in [-0.05, 0) is 49.2 Å². The third-order valence-corrected chi connectivity index (χ3v) is 3.09. The average Bonchev–Trinajstić information content (AvgIpc) is 2.53. The van der Waals surface area contributed by atoms with Gasteiger partial charge >= 0.3 is 0 Å². The van der Waals surface area contributed by atoms with E-state index >= 15 is 0 Å². The van der Waals surface area contributed by atoms with Gasteiger partial charge in [0.05, 0.1) is 20.3 Å². The van der Waals surface area contributed by atoms with Gasteiger partial charge in [-0.1, -0.05) is 24.3 Å². The van der Waals surface area contributed by atoms with Crippen LogP contribution in [0.4, 0.5) is 0 Å². The second-order valence-electron chi connectivity index (χ2n) is 5.21. The monoisotopic (exact) mass is 298 g/mol. The van der Waals surface area contributed by atoms with Crippen molar-refractivity contribution in [3.8, 4) is 17.2 Å². The van der Waals surface area contributed by atoms with E-state index in [1.54, 1.807) is 14.2 Å². The normalized spacial score (nSPS) is 11.0. The first-order valence-electron chi connectivity index (χ1n) is 7.28. The van der Waals surface area contributed by atoms with Gasteiger partial charge in [0.1, 0.15) is 17.2 Å². The highest BCUT2D eigenvalue weighted by Crippen LogP contribution is 2.24. The summed E-state index contributed by atoms with van der Waals surface area (Å²) >= 11 is 0. The number of benzene rings is 2. The topological polar surface area (TPSA) is 27.7 Å². The van der Waals surface area contributed by atoms with E-state index in [2.05, 4.69) is 0 Å². The van der Waals surface area contributed by atoms with Crippen LogP contribution in [0.3, 0.4) is 0 Å². The molecule has 0 unspecified atom stereocenters. The summed E-state index contributed by atoms with van der Waals surface area (Å²) in [5.74, 6) is 2.44. The molecule has 0 fully saturated rings. The van der Waals surface area contributed by atoms with E-state index in [4.69, 9.17) is 14.2 Å². The molecule has 116 valence electrons. The minimum atomic E-state index is 0.186. The maximum absolute atomic E-state index is 5.64. The molecule has 0 aromatic heterocycles. The SMILES string of the molecule is COc1cc(C=Cc2ccc(OC(C)C)cc2)cc(OC)c1. The van der Waals surface area contributed by atoms with Gasteiger partial charge in [0, 0.05) is 6.07 Å². The third kappa shape index (κ3) is 4.55. The molecule has 0 amide bonds. The first-order chi connectivity index (χ1) is 10.6. The summed E-state index contributed by atoms with van der Waals surface area (Å²) < 4.78 is 16.2. The first kappa shape index (κ1) is 16.0. The van der Waals surface area contributed by atoms with Gasteiger partial charge in [0.25, 0.3) is 0 Å². The maximum atomic E-state index is 5.64. The van der Waals surface area contributed by atoms with Crippen LogP contribution in [0.2, 0.25) is 0 Å². The summed E-state index contributed by atoms with van der Waals surface area (Å²) in [4.78, 5) is 0. The Labute approximate surface area is 132 Å². The molecular weight excluding hydrogens is 276 g/mol. The average molecular weight is 298 g/mol. The van der Waals surface area contributed by atoms with Crippen molar-refractivity contribution < 1.29 is 14.2 Å². The Morgan fingerprint density at radius 1 is 0.727 bits per heavy atom. The van der Waals surface area contributed by atoms with Gasteiger partial charge in [-0.3, -0.25) is 0 Å². The molecule has 3 heteroatoms. The van der Waals surface area contributed by atoms with Crippen molar-refractivity contribution in [2.45, 2.75) is 20.0 Å². The van der Waals surface area contributed by atoms with Crippen LogP contribution in [0.5, 0.6) is 17.2 Å². The fraction of sp³-hybridized carbons (Fsp3) is 0.263. The second kappa shape index (κ2) is 7.55. The standard InChI is InChI=1S/C19H22O3/c1-14(2)22-17-9-7-15(8-10-17)5-6-16-11-18(20-3)13-19(12-16)21-4/h5-14H,1-4H3. The summed E-state index contributed by atoms with van der Waals surface area (Å²) in [6.07, 6.45) is 4.27. The molecular formula is C19H22O3. The number of hydrogen-bond acceptors (Lipinski definition) is 3. The van der Waals surface area contributed by atoms with E-state index in [1.165, 1.54) is 0 Å². The zero-order valence-corrected chi connectivity index (χ0v) is 13.5. The predicted molar refractivity (Wildman–Crippen MR) is 90.7 cm³/mol. The van der Waals surface area contributed by atoms with Crippen LogP contribution in [-0.4, -0.2) is 20.3 Å². The predicted octanol–water partition coefficient (Wildman–Crippen LogP) is 4.66. The van der Waals surface area contributed by atoms with Crippen molar-refractivity contribution in [1.82, 2.24) is 0 Å². The summed E-state index contributed by atoms with van der Waals surface area (Å²) in [7, 11) is 3.30. The van der Waals surface area contributed by atoms with E-state index in [9.17, 15) is 0 Å². The molecule has 0 saturated heterocycles. The molecule has 22 heavy (non-hydrogen) atoms. The molecule has 0 N–H and O–H groups in total. The molecule has 2 aromatic carbocycles. The quantitative estimate of drug-likeness (QED) is 0.726. The molecule has 0 aliphatic heterocycles. The van der Waals surface area contributed by atoms with Gasteiger partial charge < -0.3 is 14.2 Å². The number of rotatable bonds is 6. The molecule has 0 aliphatic rings. The first-order valence-corrected chi connectivity index (χ1v) is 7.28. The Morgan fingerprint density at radius 3 is 1.77 bits per heavy atom. The lowest BCUT2D eigenvalue weighted by atomic mass is 10.1. The van der Waals surface area contributed by atoms with E-state index < -0.39 is 0 Å². The molecule has 3 nitrogen and oxygen atoms in total. The van der Waals surface area contributed by atoms with E-state index in [-0.39, 0.29) is 6.10 Å². The lowest BCUT2D eigenvalue weighted by Gasteiger charge is -2.09. The smallest absolute Gasteiger partial charge is 0.123 e. The highest BCUT2D eigenvalue weighted by Gasteiger charge is 2.00. The largest absolute Gasteiger partial charge is 0.497 e. The van der Waals surface area contributed by atoms with E-state index in [0.29, 0.717) is 0 Å². The molecule has 2 aromatic rings. The Hall–Kier alpha value is -2.42. The van der Waals surface area contributed by atoms with Gasteiger partial charge in [0.15, 0.2) is 0 Å². The van der Waals surface area contributed by atoms with Crippen LogP contribution in [0.15, 0.2) is 42.5 Å². The summed E-state index contributed by atoms with van der Waals surface area (Å²) in [5.41, 5.74) is 2.14. The van der Waals surface area contributed by atoms with Crippen LogP contribution in [0, 0.1) is 0 Å². The van der Waals surface area contributed by atoms with Crippen LogP contribution >= 0.6 is 0 Å². The zero-order valence-electron chi connectivity index (χ0n) is 13.5. The van der Waals surface area contributed by atoms with Gasteiger partial charge in [0.2, 0.25) is 0 Å². The van der Waals surface area contributed by atoms with Crippen LogP contribution in [-0.2, 0) is 0 Å². The van der Waals surface area contributed by atoms with Crippen LogP contribution in [0.1, 0.15) is 25.0 Å². The molecule has 0 spiro atoms. The van der Waals surface area contributed by atoms with Crippen molar-refractivity contribution in [1.29, 1.82) is 0 Å². The highest BCUT2D eigenvalue weighted by molar-refractivity contribution is 5.71. The summed E-state index contributed by atoms with van der Waals surface area (Å²) in [6, 6.07) is 13.8. The summed E-state index contributed by atoms with van der Waals surface area (Å²) in [5, 5.41) is 0. The Kier molecular flexibility index (Phi) is 5.48. The molecule has 0 bridgehead atoms. The number of hydrogen-bond donors (Lipinski definition) is 0. The summed E-state index contributed by atoms with van der Waals surface area (Å²) in [6.45, 7) is 4.04. The van der Waals surface area contributed by atoms with Crippen LogP contribution in [0.25, 0.3) is 12.2 Å². The number of methoxy groups -OCH3 is 2. The zero-order chi connectivity index (χ0) is 15.9. The molecule has 0 aliphatic carbocycles. The Bertz CT molecular complexity index is 605. The molecule has 0 atom stereocenters. The van der Waals surface area contributed by atoms with Crippen molar-refractivity contribution in [2.24, 2.45) is 0 Å². The van der Waals surface area contributed by atoms with Gasteiger partial charge in [-0.2, -0.15) is 0 Å². The van der Waals surface area contributed by atoms with Gasteiger partial charge in [-0.15, -0.1) is 0 Å². The van der Waals surface area contributed by atoms with Crippen molar-refractivity contribution >= 4 is 12.2 Å². The maximum Gasteiger partial charge on any atom is 0.123 e. The Balaban J connectivity index is 2.14. The van der Waals surface area contributed by atoms with E-state index in [1.807, 2.05) is 68.5 Å². The highest BCUT2D eigenvalue weighted by atomic mass is 16.5. The molecule has 0 radical (unpaired) electrons. The second-order valence-corrected chi connectivity index (χ2v) is 5.21. The molecule has 0 heterocycles. The van der Waals surface area contributed by atoms with Gasteiger partial charge in [-0.25, -0.2) is 0 Å². The van der Waals surface area contributed by atoms with E-state index in [0.717, 1.165) is 28.4 Å². The fourth-order valence-electron chi connectivity index (χ4n) is 2.05. The van der Waals surface area contributed by atoms with Crippen molar-refractivity contribution in [3.05, 3.63) is 53.6 Å². The lowest BCUT2D eigenvalue weighted by molar-refractivity contribution is 0.242. The minimum absolute atomic E-state index is 0.186. The lowest BCUT2D eigenvalue weighted by Crippen LogP contribution is -2.05. The molecule has 0 saturated carbocycles. The van der Waals surface area contributed by atoms with Crippen LogP contribution < -0.4 is 14.2 Å². The van der Waals surface area contributed by atoms with Crippen molar-refractivity contribution in [2.75, 3.05) is 14.2 Å². The fourth-order valence-corrected chi connectivity index (χ4v) is 2.05.